The number of hydrogen-bond acceptors (Lipinski definition) is 3. The lowest BCUT2D eigenvalue weighted by Gasteiger charge is -2.17. The van der Waals surface area contributed by atoms with Gasteiger partial charge in [0.1, 0.15) is 0 Å². The van der Waals surface area contributed by atoms with Gasteiger partial charge >= 0.3 is 24.7 Å². The topological polar surface area (TPSA) is 48.5 Å². The molecule has 0 saturated heterocycles. The monoisotopic (exact) mass is 1140 g/mol. The molecule has 0 saturated carbocycles. The minimum atomic E-state index is -5.20. The Labute approximate surface area is 469 Å². The fourth-order valence-corrected chi connectivity index (χ4v) is 10.9. The Kier molecular flexibility index (Phi) is 12.6. The van der Waals surface area contributed by atoms with Crippen molar-refractivity contribution in [3.8, 4) is 78.9 Å². The highest BCUT2D eigenvalue weighted by atomic mass is 19.4. The molecule has 0 bridgehead atoms. The summed E-state index contributed by atoms with van der Waals surface area (Å²) in [6.45, 7) is 0. The molecule has 0 N–H and O–H groups in total. The van der Waals surface area contributed by atoms with Crippen molar-refractivity contribution in [2.45, 2.75) is 24.7 Å². The first kappa shape index (κ1) is 53.3. The zero-order valence-electron chi connectivity index (χ0n) is 43.1. The highest BCUT2D eigenvalue weighted by molar-refractivity contribution is 6.13. The van der Waals surface area contributed by atoms with Gasteiger partial charge < -0.3 is 9.13 Å². The summed E-state index contributed by atoms with van der Waals surface area (Å²) in [7, 11) is 0. The lowest BCUT2D eigenvalue weighted by Crippen LogP contribution is -2.11. The largest absolute Gasteiger partial charge is 0.416 e. The van der Waals surface area contributed by atoms with Crippen LogP contribution in [0.15, 0.2) is 224 Å². The van der Waals surface area contributed by atoms with Gasteiger partial charge in [-0.1, -0.05) is 121 Å². The normalized spacial score (nSPS) is 12.5. The van der Waals surface area contributed by atoms with Gasteiger partial charge in [-0.05, 0) is 137 Å². The Hall–Kier alpha value is -10.0. The Bertz CT molecular complexity index is 4460. The fraction of sp³-hybridized carbons (Fsp3) is 0.0597. The number of para-hydroxylation sites is 2. The minimum Gasteiger partial charge on any atom is -0.309 e. The van der Waals surface area contributed by atoms with Crippen LogP contribution in [0.25, 0.3) is 123 Å². The van der Waals surface area contributed by atoms with E-state index in [0.717, 1.165) is 33.1 Å². The molecule has 0 unspecified atom stereocenters. The van der Waals surface area contributed by atoms with Crippen molar-refractivity contribution in [1.82, 2.24) is 24.1 Å². The van der Waals surface area contributed by atoms with Gasteiger partial charge in [0.25, 0.3) is 0 Å². The SMILES string of the molecule is FC(F)(F)c1cc(-c2ccc3c(c2)c2cc(-c4cc(C(F)(F)F)cc(C(F)(F)F)c4)ccc2n3-c2ccc(-c3ccc4c(c3)c3ccccc3n4-c3ccccc3)cc2-c2nc(-c3ccccc3)nc(-c3ccccc3)n2)cc(C(F)(F)F)c1. The van der Waals surface area contributed by atoms with E-state index in [4.69, 9.17) is 15.0 Å². The maximum atomic E-state index is 14.3. The van der Waals surface area contributed by atoms with Crippen LogP contribution in [0.3, 0.4) is 0 Å². The van der Waals surface area contributed by atoms with Crippen LogP contribution in [-0.4, -0.2) is 24.1 Å². The van der Waals surface area contributed by atoms with Crippen LogP contribution in [0.1, 0.15) is 22.3 Å². The Morgan fingerprint density at radius 2 is 0.595 bits per heavy atom. The Morgan fingerprint density at radius 3 is 1.05 bits per heavy atom. The number of hydrogen-bond donors (Lipinski definition) is 0. The number of halogens is 12. The number of aromatic nitrogens is 5. The molecule has 414 valence electrons. The van der Waals surface area contributed by atoms with E-state index in [1.807, 2.05) is 140 Å². The number of benzene rings is 10. The van der Waals surface area contributed by atoms with Gasteiger partial charge in [0, 0.05) is 43.9 Å². The van der Waals surface area contributed by atoms with E-state index >= 15 is 0 Å². The molecule has 84 heavy (non-hydrogen) atoms. The number of rotatable bonds is 8. The van der Waals surface area contributed by atoms with Gasteiger partial charge in [-0.15, -0.1) is 0 Å². The molecular weight excluding hydrogens is 1100 g/mol. The molecule has 0 aliphatic heterocycles. The predicted molar refractivity (Wildman–Crippen MR) is 301 cm³/mol. The average molecular weight is 1140 g/mol. The third-order valence-corrected chi connectivity index (χ3v) is 14.8. The summed E-state index contributed by atoms with van der Waals surface area (Å²) in [6.07, 6.45) is -20.8. The average Bonchev–Trinajstić information content (AvgIpc) is 1.84. The molecule has 0 aliphatic rings. The first-order valence-electron chi connectivity index (χ1n) is 25.9. The van der Waals surface area contributed by atoms with Crippen molar-refractivity contribution in [3.05, 3.63) is 247 Å². The smallest absolute Gasteiger partial charge is 0.309 e. The van der Waals surface area contributed by atoms with E-state index in [1.54, 1.807) is 10.6 Å². The van der Waals surface area contributed by atoms with Crippen LogP contribution in [-0.2, 0) is 24.7 Å². The fourth-order valence-electron chi connectivity index (χ4n) is 10.9. The van der Waals surface area contributed by atoms with Crippen LogP contribution in [0.4, 0.5) is 52.7 Å². The van der Waals surface area contributed by atoms with Crippen LogP contribution >= 0.6 is 0 Å². The minimum absolute atomic E-state index is 0.00424. The molecule has 13 rings (SSSR count). The van der Waals surface area contributed by atoms with Crippen LogP contribution in [0, 0.1) is 0 Å². The van der Waals surface area contributed by atoms with Crippen molar-refractivity contribution in [1.29, 1.82) is 0 Å². The molecule has 3 heterocycles. The maximum Gasteiger partial charge on any atom is 0.416 e. The van der Waals surface area contributed by atoms with E-state index < -0.39 is 58.1 Å². The summed E-state index contributed by atoms with van der Waals surface area (Å²) in [5.41, 5.74) is -0.500. The number of alkyl halides is 12. The molecule has 0 atom stereocenters. The predicted octanol–water partition coefficient (Wildman–Crippen LogP) is 20.1. The van der Waals surface area contributed by atoms with Gasteiger partial charge in [-0.25, -0.2) is 15.0 Å². The van der Waals surface area contributed by atoms with Crippen molar-refractivity contribution < 1.29 is 52.7 Å². The van der Waals surface area contributed by atoms with Crippen molar-refractivity contribution >= 4 is 43.6 Å². The van der Waals surface area contributed by atoms with Gasteiger partial charge in [0.2, 0.25) is 0 Å². The van der Waals surface area contributed by atoms with E-state index in [9.17, 15) is 52.7 Å². The summed E-state index contributed by atoms with van der Waals surface area (Å²) in [5, 5.41) is 2.25. The van der Waals surface area contributed by atoms with E-state index in [-0.39, 0.29) is 39.9 Å². The zero-order chi connectivity index (χ0) is 58.5. The quantitative estimate of drug-likeness (QED) is 0.142. The summed E-state index contributed by atoms with van der Waals surface area (Å²) in [4.78, 5) is 15.1. The van der Waals surface area contributed by atoms with E-state index in [0.29, 0.717) is 74.9 Å². The lowest BCUT2D eigenvalue weighted by atomic mass is 9.96. The van der Waals surface area contributed by atoms with Crippen LogP contribution < -0.4 is 0 Å². The van der Waals surface area contributed by atoms with Crippen molar-refractivity contribution in [2.24, 2.45) is 0 Å². The summed E-state index contributed by atoms with van der Waals surface area (Å²) < 4.78 is 176. The summed E-state index contributed by atoms with van der Waals surface area (Å²) >= 11 is 0. The molecule has 0 amide bonds. The molecule has 17 heteroatoms. The molecule has 0 spiro atoms. The Morgan fingerprint density at radius 1 is 0.250 bits per heavy atom. The summed E-state index contributed by atoms with van der Waals surface area (Å²) in [5.74, 6) is 0.749. The zero-order valence-corrected chi connectivity index (χ0v) is 43.1. The van der Waals surface area contributed by atoms with Crippen molar-refractivity contribution in [3.63, 3.8) is 0 Å². The van der Waals surface area contributed by atoms with Gasteiger partial charge in [-0.3, -0.25) is 0 Å². The van der Waals surface area contributed by atoms with E-state index in [1.165, 1.54) is 36.4 Å². The number of fused-ring (bicyclic) bond motifs is 6. The van der Waals surface area contributed by atoms with E-state index in [2.05, 4.69) is 10.6 Å². The first-order chi connectivity index (χ1) is 40.1. The molecule has 0 fully saturated rings. The lowest BCUT2D eigenvalue weighted by molar-refractivity contribution is -0.144. The van der Waals surface area contributed by atoms with Crippen LogP contribution in [0.5, 0.6) is 0 Å². The van der Waals surface area contributed by atoms with Gasteiger partial charge in [0.05, 0.1) is 50.0 Å². The third-order valence-electron chi connectivity index (χ3n) is 14.8. The standard InChI is InChI=1S/C67H37F12N5/c68-64(69,70)46-28-44(29-47(36-46)65(71,72)73)42-22-25-58-53(33-42)54-34-43(45-30-48(66(74,75)76)37-49(31-45)67(77,78)79)23-26-59(54)84(58)60-27-21-41(40-20-24-57-52(32-40)51-18-10-11-19-56(51)83(57)50-16-8-3-9-17-50)35-55(60)63-81-61(38-12-4-1-5-13-38)80-62(82-63)39-14-6-2-7-15-39/h1-37H. The molecule has 13 aromatic rings. The molecule has 0 radical (unpaired) electrons. The Balaban J connectivity index is 1.10. The van der Waals surface area contributed by atoms with Crippen LogP contribution in [0.2, 0.25) is 0 Å². The second-order valence-corrected chi connectivity index (χ2v) is 20.1. The second kappa shape index (κ2) is 19.9. The molecule has 3 aromatic heterocycles. The summed E-state index contributed by atoms with van der Waals surface area (Å²) in [6, 6.07) is 58.5. The third kappa shape index (κ3) is 9.73. The van der Waals surface area contributed by atoms with Gasteiger partial charge in [0.15, 0.2) is 17.5 Å². The molecular formula is C67H37F12N5. The highest BCUT2D eigenvalue weighted by Crippen LogP contribution is 2.46. The number of nitrogens with zero attached hydrogens (tertiary/aromatic N) is 5. The molecule has 10 aromatic carbocycles. The van der Waals surface area contributed by atoms with Gasteiger partial charge in [-0.2, -0.15) is 52.7 Å². The first-order valence-corrected chi connectivity index (χ1v) is 25.9. The second-order valence-electron chi connectivity index (χ2n) is 20.1. The van der Waals surface area contributed by atoms with Crippen molar-refractivity contribution in [2.75, 3.05) is 0 Å². The molecule has 5 nitrogen and oxygen atoms in total. The maximum absolute atomic E-state index is 14.3. The molecule has 0 aliphatic carbocycles. The highest BCUT2D eigenvalue weighted by Gasteiger charge is 2.39.